The molecule has 2 aromatic rings. The highest BCUT2D eigenvalue weighted by molar-refractivity contribution is 5.96. The number of nitrogens with one attached hydrogen (secondary N) is 1. The highest BCUT2D eigenvalue weighted by atomic mass is 16.6. The second-order valence-electron chi connectivity index (χ2n) is 12.3. The molecule has 274 valence electrons. The molecule has 1 heterocycles. The molecular weight excluding hydrogens is 644 g/mol. The smallest absolute Gasteiger partial charge is 0.308 e. The predicted molar refractivity (Wildman–Crippen MR) is 188 cm³/mol. The first-order valence-corrected chi connectivity index (χ1v) is 17.2. The number of anilines is 1. The molecule has 12 nitrogen and oxygen atoms in total. The van der Waals surface area contributed by atoms with Gasteiger partial charge in [0.1, 0.15) is 5.60 Å². The van der Waals surface area contributed by atoms with E-state index in [-0.39, 0.29) is 37.0 Å². The first-order valence-electron chi connectivity index (χ1n) is 17.2. The third-order valence-corrected chi connectivity index (χ3v) is 7.04. The summed E-state index contributed by atoms with van der Waals surface area (Å²) in [5, 5.41) is 2.81. The van der Waals surface area contributed by atoms with Crippen LogP contribution in [-0.2, 0) is 54.1 Å². The van der Waals surface area contributed by atoms with Crippen molar-refractivity contribution < 1.29 is 47.5 Å². The highest BCUT2D eigenvalue weighted by Crippen LogP contribution is 2.26. The van der Waals surface area contributed by atoms with Gasteiger partial charge in [0.2, 0.25) is 11.8 Å². The zero-order valence-corrected chi connectivity index (χ0v) is 29.7. The number of hydrogen-bond donors (Lipinski definition) is 1. The van der Waals surface area contributed by atoms with Crippen LogP contribution in [0.2, 0.25) is 0 Å². The number of amides is 2. The molecule has 1 aliphatic rings. The van der Waals surface area contributed by atoms with Crippen LogP contribution in [0, 0.1) is 11.8 Å². The molecule has 0 aromatic heterocycles. The van der Waals surface area contributed by atoms with Gasteiger partial charge >= 0.3 is 5.97 Å². The van der Waals surface area contributed by atoms with E-state index in [1.165, 1.54) is 0 Å². The number of nitrogens with zero attached hydrogens (tertiary/aromatic N) is 1. The monoisotopic (exact) mass is 696 g/mol. The quantitative estimate of drug-likeness (QED) is 0.0986. The summed E-state index contributed by atoms with van der Waals surface area (Å²) in [6, 6.07) is 15.4. The summed E-state index contributed by atoms with van der Waals surface area (Å²) in [4.78, 5) is 39.0. The fourth-order valence-corrected chi connectivity index (χ4v) is 4.66. The maximum absolute atomic E-state index is 13.3. The van der Waals surface area contributed by atoms with E-state index in [1.54, 1.807) is 4.90 Å². The Balaban J connectivity index is 1.09. The lowest BCUT2D eigenvalue weighted by Gasteiger charge is -2.26. The molecule has 0 unspecified atom stereocenters. The van der Waals surface area contributed by atoms with E-state index in [9.17, 15) is 14.4 Å². The van der Waals surface area contributed by atoms with Gasteiger partial charge in [0, 0.05) is 30.5 Å². The minimum atomic E-state index is -0.485. The Bertz CT molecular complexity index is 1380. The van der Waals surface area contributed by atoms with Crippen molar-refractivity contribution in [1.29, 1.82) is 0 Å². The summed E-state index contributed by atoms with van der Waals surface area (Å²) in [6.45, 7) is 11.2. The SMILES string of the molecule is CC(C)(C)OC(=O)CCOCCOCCOCCOCCOCCOCCNC(=O)CCC(=O)N1Cc2ccccc2C#Cc2ccccc21. The van der Waals surface area contributed by atoms with Gasteiger partial charge in [-0.1, -0.05) is 42.2 Å². The van der Waals surface area contributed by atoms with Gasteiger partial charge in [-0.3, -0.25) is 14.4 Å². The molecule has 1 N–H and O–H groups in total. The van der Waals surface area contributed by atoms with Gasteiger partial charge in [-0.25, -0.2) is 0 Å². The average Bonchev–Trinajstić information content (AvgIpc) is 3.08. The molecule has 2 aromatic carbocycles. The summed E-state index contributed by atoms with van der Waals surface area (Å²) in [5.74, 6) is 5.78. The van der Waals surface area contributed by atoms with Crippen LogP contribution in [0.25, 0.3) is 0 Å². The number of ether oxygens (including phenoxy) is 7. The third kappa shape index (κ3) is 17.2. The second kappa shape index (κ2) is 23.6. The average molecular weight is 697 g/mol. The number of carbonyl (C=O) groups excluding carboxylic acids is 3. The largest absolute Gasteiger partial charge is 0.460 e. The second-order valence-corrected chi connectivity index (χ2v) is 12.3. The number of benzene rings is 2. The summed E-state index contributed by atoms with van der Waals surface area (Å²) in [6.07, 6.45) is 0.392. The molecule has 0 bridgehead atoms. The molecule has 0 aliphatic carbocycles. The molecule has 0 spiro atoms. The molecule has 0 saturated carbocycles. The topological polar surface area (TPSA) is 131 Å². The van der Waals surface area contributed by atoms with E-state index in [0.29, 0.717) is 92.4 Å². The van der Waals surface area contributed by atoms with E-state index < -0.39 is 5.60 Å². The maximum Gasteiger partial charge on any atom is 0.308 e. The third-order valence-electron chi connectivity index (χ3n) is 7.04. The minimum Gasteiger partial charge on any atom is -0.460 e. The Hall–Kier alpha value is -3.83. The molecule has 0 radical (unpaired) electrons. The van der Waals surface area contributed by atoms with Crippen molar-refractivity contribution in [3.05, 3.63) is 65.2 Å². The van der Waals surface area contributed by atoms with E-state index in [4.69, 9.17) is 33.2 Å². The van der Waals surface area contributed by atoms with Crippen molar-refractivity contribution in [2.45, 2.75) is 52.2 Å². The number of para-hydroxylation sites is 1. The zero-order valence-electron chi connectivity index (χ0n) is 29.7. The van der Waals surface area contributed by atoms with E-state index in [1.807, 2.05) is 69.3 Å². The lowest BCUT2D eigenvalue weighted by molar-refractivity contribution is -0.156. The Morgan fingerprint density at radius 3 is 1.74 bits per heavy atom. The fraction of sp³-hybridized carbons (Fsp3) is 0.553. The van der Waals surface area contributed by atoms with Crippen LogP contribution in [0.1, 0.15) is 56.7 Å². The molecule has 12 heteroatoms. The molecule has 3 rings (SSSR count). The van der Waals surface area contributed by atoms with Crippen LogP contribution in [0.4, 0.5) is 5.69 Å². The number of fused-ring (bicyclic) bond motifs is 2. The van der Waals surface area contributed by atoms with Gasteiger partial charge in [-0.05, 0) is 44.5 Å². The van der Waals surface area contributed by atoms with E-state index >= 15 is 0 Å². The van der Waals surface area contributed by atoms with Gasteiger partial charge in [-0.15, -0.1) is 0 Å². The van der Waals surface area contributed by atoms with Crippen molar-refractivity contribution in [2.24, 2.45) is 0 Å². The fourth-order valence-electron chi connectivity index (χ4n) is 4.66. The number of rotatable bonds is 24. The standard InChI is InChI=1S/C38H52N2O10/c1-38(2,3)50-37(43)16-18-44-20-22-46-24-26-48-28-29-49-27-25-47-23-21-45-19-17-39-35(41)14-15-36(42)40-30-33-10-5-4-8-31(33)12-13-32-9-6-7-11-34(32)40/h4-11H,14-30H2,1-3H3,(H,39,41). The van der Waals surface area contributed by atoms with E-state index in [0.717, 1.165) is 22.4 Å². The Morgan fingerprint density at radius 1 is 0.640 bits per heavy atom. The molecule has 0 saturated heterocycles. The van der Waals surface area contributed by atoms with Gasteiger partial charge < -0.3 is 43.4 Å². The Kier molecular flexibility index (Phi) is 19.1. The zero-order chi connectivity index (χ0) is 35.9. The lowest BCUT2D eigenvalue weighted by atomic mass is 10.0. The van der Waals surface area contributed by atoms with E-state index in [2.05, 4.69) is 17.2 Å². The predicted octanol–water partition coefficient (Wildman–Crippen LogP) is 3.66. The molecule has 50 heavy (non-hydrogen) atoms. The summed E-state index contributed by atoms with van der Waals surface area (Å²) in [5.41, 5.74) is 2.92. The van der Waals surface area contributed by atoms with Crippen molar-refractivity contribution in [1.82, 2.24) is 5.32 Å². The van der Waals surface area contributed by atoms with Gasteiger partial charge in [0.25, 0.3) is 0 Å². The highest BCUT2D eigenvalue weighted by Gasteiger charge is 2.21. The Morgan fingerprint density at radius 2 is 1.14 bits per heavy atom. The van der Waals surface area contributed by atoms with Crippen molar-refractivity contribution in [3.8, 4) is 11.8 Å². The van der Waals surface area contributed by atoms with Crippen LogP contribution in [0.15, 0.2) is 48.5 Å². The first-order chi connectivity index (χ1) is 24.2. The molecular formula is C38H52N2O10. The molecule has 0 fully saturated rings. The maximum atomic E-state index is 13.3. The number of esters is 1. The summed E-state index contributed by atoms with van der Waals surface area (Å²) < 4.78 is 38.0. The lowest BCUT2D eigenvalue weighted by Crippen LogP contribution is -2.34. The molecule has 0 atom stereocenters. The van der Waals surface area contributed by atoms with Gasteiger partial charge in [-0.2, -0.15) is 0 Å². The first kappa shape index (κ1) is 40.6. The summed E-state index contributed by atoms with van der Waals surface area (Å²) >= 11 is 0. The summed E-state index contributed by atoms with van der Waals surface area (Å²) in [7, 11) is 0. The number of carbonyl (C=O) groups is 3. The van der Waals surface area contributed by atoms with Crippen LogP contribution < -0.4 is 10.2 Å². The van der Waals surface area contributed by atoms with Crippen molar-refractivity contribution in [2.75, 3.05) is 90.7 Å². The minimum absolute atomic E-state index is 0.0854. The normalized spacial score (nSPS) is 12.2. The van der Waals surface area contributed by atoms with Crippen LogP contribution >= 0.6 is 0 Å². The van der Waals surface area contributed by atoms with Gasteiger partial charge in [0.05, 0.1) is 97.9 Å². The molecule has 1 aliphatic heterocycles. The van der Waals surface area contributed by atoms with Gasteiger partial charge in [0.15, 0.2) is 0 Å². The van der Waals surface area contributed by atoms with Crippen LogP contribution in [-0.4, -0.2) is 109 Å². The van der Waals surface area contributed by atoms with Crippen molar-refractivity contribution >= 4 is 23.5 Å². The van der Waals surface area contributed by atoms with Crippen LogP contribution in [0.3, 0.4) is 0 Å². The molecule has 2 amide bonds. The van der Waals surface area contributed by atoms with Crippen LogP contribution in [0.5, 0.6) is 0 Å². The number of hydrogen-bond acceptors (Lipinski definition) is 10. The van der Waals surface area contributed by atoms with Crippen molar-refractivity contribution in [3.63, 3.8) is 0 Å². The Labute approximate surface area is 296 Å².